The van der Waals surface area contributed by atoms with E-state index in [1.54, 1.807) is 19.7 Å². The molecule has 1 amide bonds. The fourth-order valence-corrected chi connectivity index (χ4v) is 4.80. The first-order valence-corrected chi connectivity index (χ1v) is 11.5. The number of piperidine rings is 1. The zero-order chi connectivity index (χ0) is 23.5. The number of carbonyl (C=O) groups is 1. The molecule has 1 aromatic carbocycles. The van der Waals surface area contributed by atoms with Crippen LogP contribution in [0.5, 0.6) is 0 Å². The van der Waals surface area contributed by atoms with Crippen LogP contribution < -0.4 is 15.5 Å². The fourth-order valence-electron chi connectivity index (χ4n) is 4.80. The molecule has 1 aliphatic rings. The molecule has 3 aromatic heterocycles. The van der Waals surface area contributed by atoms with E-state index in [4.69, 9.17) is 0 Å². The number of fused-ring (bicyclic) bond motifs is 1. The van der Waals surface area contributed by atoms with Crippen LogP contribution in [0.25, 0.3) is 22.3 Å². The predicted molar refractivity (Wildman–Crippen MR) is 130 cm³/mol. The van der Waals surface area contributed by atoms with Gasteiger partial charge in [-0.15, -0.1) is 0 Å². The number of benzene rings is 1. The second-order valence-corrected chi connectivity index (χ2v) is 8.86. The first kappa shape index (κ1) is 22.0. The Morgan fingerprint density at radius 1 is 1.18 bits per heavy atom. The van der Waals surface area contributed by atoms with Gasteiger partial charge in [-0.1, -0.05) is 24.3 Å². The Balaban J connectivity index is 1.43. The van der Waals surface area contributed by atoms with Crippen molar-refractivity contribution in [2.45, 2.75) is 18.3 Å². The molecular formula is C24H29N9O. The van der Waals surface area contributed by atoms with Crippen LogP contribution in [0.1, 0.15) is 18.4 Å². The molecule has 5 rings (SSSR count). The fraction of sp³-hybridized carbons (Fsp3) is 0.375. The molecule has 1 aliphatic heterocycles. The molecule has 0 radical (unpaired) electrons. The minimum Gasteiger partial charge on any atom is -0.355 e. The number of nitrogens with one attached hydrogen (secondary N) is 3. The van der Waals surface area contributed by atoms with E-state index in [2.05, 4.69) is 64.8 Å². The topological polar surface area (TPSA) is 117 Å². The lowest BCUT2D eigenvalue weighted by atomic mass is 9.72. The van der Waals surface area contributed by atoms with Crippen molar-refractivity contribution < 1.29 is 4.79 Å². The van der Waals surface area contributed by atoms with E-state index in [0.29, 0.717) is 18.7 Å². The highest BCUT2D eigenvalue weighted by molar-refractivity contribution is 5.82. The Bertz CT molecular complexity index is 1290. The summed E-state index contributed by atoms with van der Waals surface area (Å²) in [4.78, 5) is 30.8. The number of anilines is 1. The van der Waals surface area contributed by atoms with E-state index >= 15 is 0 Å². The molecule has 10 nitrogen and oxygen atoms in total. The number of hydrogen-bond donors (Lipinski definition) is 3. The minimum atomic E-state index is -0.182. The van der Waals surface area contributed by atoms with Crippen molar-refractivity contribution in [3.63, 3.8) is 0 Å². The van der Waals surface area contributed by atoms with Crippen molar-refractivity contribution in [3.8, 4) is 11.1 Å². The van der Waals surface area contributed by atoms with Gasteiger partial charge in [0.25, 0.3) is 0 Å². The number of carbonyl (C=O) groups excluding carboxylic acids is 1. The van der Waals surface area contributed by atoms with Crippen molar-refractivity contribution in [1.29, 1.82) is 0 Å². The zero-order valence-corrected chi connectivity index (χ0v) is 19.5. The molecule has 1 fully saturated rings. The van der Waals surface area contributed by atoms with Gasteiger partial charge in [-0.3, -0.25) is 9.48 Å². The summed E-state index contributed by atoms with van der Waals surface area (Å²) in [5.41, 5.74) is 4.79. The van der Waals surface area contributed by atoms with Crippen molar-refractivity contribution >= 4 is 22.9 Å². The highest BCUT2D eigenvalue weighted by Crippen LogP contribution is 2.38. The lowest BCUT2D eigenvalue weighted by Gasteiger charge is -2.43. The maximum Gasteiger partial charge on any atom is 0.233 e. The number of imidazole rings is 1. The van der Waals surface area contributed by atoms with Crippen molar-refractivity contribution in [3.05, 3.63) is 54.9 Å². The molecule has 176 valence electrons. The third-order valence-electron chi connectivity index (χ3n) is 6.70. The van der Waals surface area contributed by atoms with Gasteiger partial charge in [0.2, 0.25) is 5.91 Å². The third-order valence-corrected chi connectivity index (χ3v) is 6.70. The highest BCUT2D eigenvalue weighted by Gasteiger charge is 2.37. The Hall–Kier alpha value is -3.79. The van der Waals surface area contributed by atoms with E-state index in [0.717, 1.165) is 48.4 Å². The number of aromatic amines is 1. The van der Waals surface area contributed by atoms with E-state index in [9.17, 15) is 4.79 Å². The Labute approximate surface area is 197 Å². The lowest BCUT2D eigenvalue weighted by Crippen LogP contribution is -2.50. The summed E-state index contributed by atoms with van der Waals surface area (Å²) < 4.78 is 1.81. The zero-order valence-electron chi connectivity index (χ0n) is 19.5. The molecular weight excluding hydrogens is 430 g/mol. The van der Waals surface area contributed by atoms with Crippen LogP contribution in [0.3, 0.4) is 0 Å². The number of aryl methyl sites for hydroxylation is 1. The van der Waals surface area contributed by atoms with Crippen LogP contribution in [-0.2, 0) is 17.3 Å². The van der Waals surface area contributed by atoms with Gasteiger partial charge in [-0.2, -0.15) is 5.10 Å². The van der Waals surface area contributed by atoms with Crippen LogP contribution in [0.15, 0.2) is 49.3 Å². The van der Waals surface area contributed by atoms with Crippen LogP contribution in [0.4, 0.5) is 5.82 Å². The maximum atomic E-state index is 12.3. The molecule has 1 saturated heterocycles. The standard InChI is InChI=1S/C24H29N9O/c1-25-12-20(34)26-14-24(19-5-3-4-17(10-19)18-11-31-32(2)13-18)6-8-33(9-7-24)23-21-22(28-15-27-21)29-16-30-23/h3-5,10-11,13,15-16,25H,6-9,12,14H2,1-2H3,(H,26,34)(H,27,28,29,30). The lowest BCUT2D eigenvalue weighted by molar-refractivity contribution is -0.120. The molecule has 10 heteroatoms. The summed E-state index contributed by atoms with van der Waals surface area (Å²) in [6, 6.07) is 8.63. The number of nitrogens with zero attached hydrogens (tertiary/aromatic N) is 6. The Morgan fingerprint density at radius 2 is 2.03 bits per heavy atom. The van der Waals surface area contributed by atoms with Crippen LogP contribution in [0.2, 0.25) is 0 Å². The van der Waals surface area contributed by atoms with E-state index < -0.39 is 0 Å². The van der Waals surface area contributed by atoms with Crippen LogP contribution in [-0.4, -0.2) is 68.9 Å². The molecule has 0 atom stereocenters. The first-order valence-electron chi connectivity index (χ1n) is 11.5. The minimum absolute atomic E-state index is 0.00249. The van der Waals surface area contributed by atoms with Crippen LogP contribution in [0, 0.1) is 0 Å². The van der Waals surface area contributed by atoms with Gasteiger partial charge in [-0.05, 0) is 31.0 Å². The van der Waals surface area contributed by atoms with Gasteiger partial charge in [0.1, 0.15) is 11.8 Å². The quantitative estimate of drug-likeness (QED) is 0.385. The maximum absolute atomic E-state index is 12.3. The second kappa shape index (κ2) is 9.22. The summed E-state index contributed by atoms with van der Waals surface area (Å²) in [7, 11) is 3.70. The average molecular weight is 460 g/mol. The van der Waals surface area contributed by atoms with Gasteiger partial charge in [0.15, 0.2) is 11.5 Å². The number of aromatic nitrogens is 6. The third kappa shape index (κ3) is 4.24. The van der Waals surface area contributed by atoms with E-state index in [-0.39, 0.29) is 11.3 Å². The van der Waals surface area contributed by atoms with Gasteiger partial charge in [0.05, 0.1) is 19.1 Å². The van der Waals surface area contributed by atoms with Crippen molar-refractivity contribution in [2.75, 3.05) is 38.1 Å². The van der Waals surface area contributed by atoms with Gasteiger partial charge in [-0.25, -0.2) is 15.0 Å². The largest absolute Gasteiger partial charge is 0.355 e. The summed E-state index contributed by atoms with van der Waals surface area (Å²) in [6.45, 7) is 2.51. The molecule has 0 aliphatic carbocycles. The van der Waals surface area contributed by atoms with E-state index in [1.807, 2.05) is 24.1 Å². The Morgan fingerprint density at radius 3 is 2.79 bits per heavy atom. The van der Waals surface area contributed by atoms with Crippen molar-refractivity contribution in [2.24, 2.45) is 7.05 Å². The molecule has 4 heterocycles. The average Bonchev–Trinajstić information content (AvgIpc) is 3.52. The Kier molecular flexibility index (Phi) is 5.97. The summed E-state index contributed by atoms with van der Waals surface area (Å²) in [5, 5.41) is 10.4. The monoisotopic (exact) mass is 459 g/mol. The van der Waals surface area contributed by atoms with E-state index in [1.165, 1.54) is 5.56 Å². The van der Waals surface area contributed by atoms with Crippen LogP contribution >= 0.6 is 0 Å². The smallest absolute Gasteiger partial charge is 0.233 e. The van der Waals surface area contributed by atoms with Gasteiger partial charge >= 0.3 is 0 Å². The molecule has 0 bridgehead atoms. The summed E-state index contributed by atoms with van der Waals surface area (Å²) in [5.74, 6) is 0.877. The highest BCUT2D eigenvalue weighted by atomic mass is 16.1. The number of rotatable bonds is 7. The summed E-state index contributed by atoms with van der Waals surface area (Å²) >= 11 is 0. The number of amides is 1. The van der Waals surface area contributed by atoms with Gasteiger partial charge < -0.3 is 20.5 Å². The van der Waals surface area contributed by atoms with Crippen molar-refractivity contribution in [1.82, 2.24) is 40.3 Å². The number of hydrogen-bond acceptors (Lipinski definition) is 7. The number of likely N-dealkylation sites (N-methyl/N-ethyl adjacent to an activating group) is 1. The SMILES string of the molecule is CNCC(=O)NCC1(c2cccc(-c3cnn(C)c3)c2)CCN(c2ncnc3nc[nH]c23)CC1. The predicted octanol–water partition coefficient (Wildman–Crippen LogP) is 1.63. The molecule has 4 aromatic rings. The second-order valence-electron chi connectivity index (χ2n) is 8.86. The normalized spacial score (nSPS) is 15.5. The van der Waals surface area contributed by atoms with Gasteiger partial charge in [0, 0.05) is 43.9 Å². The number of H-pyrrole nitrogens is 1. The molecule has 0 spiro atoms. The first-order chi connectivity index (χ1) is 16.6. The molecule has 0 unspecified atom stereocenters. The molecule has 3 N–H and O–H groups in total. The molecule has 34 heavy (non-hydrogen) atoms. The summed E-state index contributed by atoms with van der Waals surface area (Å²) in [6.07, 6.45) is 8.88. The molecule has 0 saturated carbocycles.